The number of hydrogen-bond acceptors (Lipinski definition) is 3. The van der Waals surface area contributed by atoms with Crippen LogP contribution in [0.25, 0.3) is 0 Å². The third-order valence-electron chi connectivity index (χ3n) is 3.97. The summed E-state index contributed by atoms with van der Waals surface area (Å²) in [6.07, 6.45) is 3.11. The Balaban J connectivity index is 2.08. The number of hydrogen-bond donors (Lipinski definition) is 1. The largest absolute Gasteiger partial charge is 0.381 e. The van der Waals surface area contributed by atoms with Gasteiger partial charge in [-0.2, -0.15) is 5.10 Å². The molecule has 108 valence electrons. The van der Waals surface area contributed by atoms with Gasteiger partial charge in [-0.15, -0.1) is 0 Å². The maximum absolute atomic E-state index is 5.44. The molecule has 1 aromatic heterocycles. The molecule has 0 radical (unpaired) electrons. The summed E-state index contributed by atoms with van der Waals surface area (Å²) in [5, 5.41) is 8.33. The lowest BCUT2D eigenvalue weighted by Gasteiger charge is -2.34. The second-order valence-electron chi connectivity index (χ2n) is 5.40. The zero-order valence-electron chi connectivity index (χ0n) is 12.1. The van der Waals surface area contributed by atoms with E-state index in [9.17, 15) is 0 Å². The van der Waals surface area contributed by atoms with Crippen LogP contribution in [0.4, 0.5) is 0 Å². The van der Waals surface area contributed by atoms with Crippen molar-refractivity contribution in [3.8, 4) is 0 Å². The van der Waals surface area contributed by atoms with Crippen LogP contribution in [-0.4, -0.2) is 28.5 Å². The molecule has 1 aliphatic rings. The average molecular weight is 330 g/mol. The van der Waals surface area contributed by atoms with Crippen molar-refractivity contribution < 1.29 is 4.74 Å². The number of ether oxygens (including phenoxy) is 1. The van der Waals surface area contributed by atoms with Gasteiger partial charge >= 0.3 is 0 Å². The molecule has 0 aliphatic carbocycles. The van der Waals surface area contributed by atoms with E-state index in [2.05, 4.69) is 51.8 Å². The SMILES string of the molecule is CCc1nn(CC)c(CNC2(C)CCOCC2)c1Br. The van der Waals surface area contributed by atoms with Gasteiger partial charge < -0.3 is 10.1 Å². The van der Waals surface area contributed by atoms with Crippen LogP contribution in [0.5, 0.6) is 0 Å². The number of aromatic nitrogens is 2. The molecule has 1 fully saturated rings. The highest BCUT2D eigenvalue weighted by Gasteiger charge is 2.27. The molecule has 0 spiro atoms. The van der Waals surface area contributed by atoms with Crippen molar-refractivity contribution in [2.24, 2.45) is 0 Å². The molecule has 4 nitrogen and oxygen atoms in total. The Morgan fingerprint density at radius 3 is 2.63 bits per heavy atom. The minimum absolute atomic E-state index is 0.187. The van der Waals surface area contributed by atoms with E-state index in [-0.39, 0.29) is 5.54 Å². The lowest BCUT2D eigenvalue weighted by molar-refractivity contribution is 0.0443. The van der Waals surface area contributed by atoms with E-state index < -0.39 is 0 Å². The average Bonchev–Trinajstić information content (AvgIpc) is 2.73. The van der Waals surface area contributed by atoms with Crippen molar-refractivity contribution in [3.05, 3.63) is 15.9 Å². The molecule has 0 atom stereocenters. The van der Waals surface area contributed by atoms with Gasteiger partial charge in [-0.1, -0.05) is 6.92 Å². The Morgan fingerprint density at radius 2 is 2.05 bits per heavy atom. The Hall–Kier alpha value is -0.390. The van der Waals surface area contributed by atoms with Gasteiger partial charge in [-0.05, 0) is 49.0 Å². The van der Waals surface area contributed by atoms with E-state index in [1.165, 1.54) is 10.2 Å². The van der Waals surface area contributed by atoms with Crippen LogP contribution < -0.4 is 5.32 Å². The molecule has 1 N–H and O–H groups in total. The third-order valence-corrected chi connectivity index (χ3v) is 4.89. The molecule has 1 aromatic rings. The highest BCUT2D eigenvalue weighted by molar-refractivity contribution is 9.10. The van der Waals surface area contributed by atoms with E-state index in [1.807, 2.05) is 0 Å². The van der Waals surface area contributed by atoms with E-state index in [0.717, 1.165) is 51.3 Å². The zero-order valence-corrected chi connectivity index (χ0v) is 13.7. The molecule has 0 aromatic carbocycles. The van der Waals surface area contributed by atoms with Gasteiger partial charge in [-0.25, -0.2) is 0 Å². The van der Waals surface area contributed by atoms with Gasteiger partial charge in [0.15, 0.2) is 0 Å². The first-order valence-corrected chi connectivity index (χ1v) is 7.95. The smallest absolute Gasteiger partial charge is 0.0767 e. The highest BCUT2D eigenvalue weighted by atomic mass is 79.9. The molecule has 0 amide bonds. The first kappa shape index (κ1) is 15.0. The molecule has 1 aliphatic heterocycles. The molecule has 0 bridgehead atoms. The van der Waals surface area contributed by atoms with Crippen molar-refractivity contribution in [1.82, 2.24) is 15.1 Å². The lowest BCUT2D eigenvalue weighted by atomic mass is 9.92. The van der Waals surface area contributed by atoms with Crippen LogP contribution in [0.1, 0.15) is 45.0 Å². The molecule has 0 unspecified atom stereocenters. The molecule has 2 rings (SSSR count). The number of rotatable bonds is 5. The second kappa shape index (κ2) is 6.37. The van der Waals surface area contributed by atoms with Crippen LogP contribution in [0.3, 0.4) is 0 Å². The highest BCUT2D eigenvalue weighted by Crippen LogP contribution is 2.25. The van der Waals surface area contributed by atoms with Crippen LogP contribution in [0, 0.1) is 0 Å². The zero-order chi connectivity index (χ0) is 13.9. The Kier molecular flexibility index (Phi) is 5.03. The van der Waals surface area contributed by atoms with Crippen molar-refractivity contribution in [2.45, 2.75) is 58.7 Å². The summed E-state index contributed by atoms with van der Waals surface area (Å²) >= 11 is 3.70. The third kappa shape index (κ3) is 3.38. The first-order valence-electron chi connectivity index (χ1n) is 7.16. The molecule has 5 heteroatoms. The van der Waals surface area contributed by atoms with E-state index in [1.54, 1.807) is 0 Å². The van der Waals surface area contributed by atoms with Gasteiger partial charge in [0.2, 0.25) is 0 Å². The van der Waals surface area contributed by atoms with Crippen molar-refractivity contribution >= 4 is 15.9 Å². The van der Waals surface area contributed by atoms with Gasteiger partial charge in [-0.3, -0.25) is 4.68 Å². The summed E-state index contributed by atoms with van der Waals surface area (Å²) in [5.74, 6) is 0. The topological polar surface area (TPSA) is 39.1 Å². The Bertz CT molecular complexity index is 425. The van der Waals surface area contributed by atoms with E-state index in [4.69, 9.17) is 4.74 Å². The predicted molar refractivity (Wildman–Crippen MR) is 80.3 cm³/mol. The second-order valence-corrected chi connectivity index (χ2v) is 6.20. The van der Waals surface area contributed by atoms with Crippen LogP contribution >= 0.6 is 15.9 Å². The first-order chi connectivity index (χ1) is 9.09. The number of aryl methyl sites for hydroxylation is 2. The van der Waals surface area contributed by atoms with Gasteiger partial charge in [0.25, 0.3) is 0 Å². The maximum atomic E-state index is 5.44. The van der Waals surface area contributed by atoms with Crippen LogP contribution in [0.15, 0.2) is 4.47 Å². The van der Waals surface area contributed by atoms with E-state index in [0.29, 0.717) is 0 Å². The van der Waals surface area contributed by atoms with Gasteiger partial charge in [0, 0.05) is 31.8 Å². The summed E-state index contributed by atoms with van der Waals surface area (Å²) in [4.78, 5) is 0. The lowest BCUT2D eigenvalue weighted by Crippen LogP contribution is -2.46. The number of nitrogens with one attached hydrogen (secondary N) is 1. The normalized spacial score (nSPS) is 18.7. The quantitative estimate of drug-likeness (QED) is 0.902. The summed E-state index contributed by atoms with van der Waals surface area (Å²) < 4.78 is 8.70. The van der Waals surface area contributed by atoms with Crippen LogP contribution in [-0.2, 0) is 24.2 Å². The van der Waals surface area contributed by atoms with Crippen LogP contribution in [0.2, 0.25) is 0 Å². The van der Waals surface area contributed by atoms with Gasteiger partial charge in [0.05, 0.1) is 15.9 Å². The summed E-state index contributed by atoms with van der Waals surface area (Å²) in [6, 6.07) is 0. The number of nitrogens with zero attached hydrogens (tertiary/aromatic N) is 2. The Morgan fingerprint density at radius 1 is 1.37 bits per heavy atom. The molecule has 0 saturated carbocycles. The maximum Gasteiger partial charge on any atom is 0.0767 e. The summed E-state index contributed by atoms with van der Waals surface area (Å²) in [5.41, 5.74) is 2.59. The van der Waals surface area contributed by atoms with Crippen molar-refractivity contribution in [2.75, 3.05) is 13.2 Å². The van der Waals surface area contributed by atoms with Crippen molar-refractivity contribution in [1.29, 1.82) is 0 Å². The molecular formula is C14H24BrN3O. The molecule has 1 saturated heterocycles. The fraction of sp³-hybridized carbons (Fsp3) is 0.786. The fourth-order valence-electron chi connectivity index (χ4n) is 2.48. The molecule has 19 heavy (non-hydrogen) atoms. The summed E-state index contributed by atoms with van der Waals surface area (Å²) in [7, 11) is 0. The Labute approximate surface area is 124 Å². The minimum Gasteiger partial charge on any atom is -0.381 e. The monoisotopic (exact) mass is 329 g/mol. The summed E-state index contributed by atoms with van der Waals surface area (Å²) in [6.45, 7) is 10.1. The molecular weight excluding hydrogens is 306 g/mol. The number of halogens is 1. The fourth-order valence-corrected chi connectivity index (χ4v) is 3.19. The predicted octanol–water partition coefficient (Wildman–Crippen LogP) is 2.89. The minimum atomic E-state index is 0.187. The standard InChI is InChI=1S/C14H24BrN3O/c1-4-11-13(15)12(18(5-2)17-11)10-16-14(3)6-8-19-9-7-14/h16H,4-10H2,1-3H3. The van der Waals surface area contributed by atoms with Crippen molar-refractivity contribution in [3.63, 3.8) is 0 Å². The van der Waals surface area contributed by atoms with E-state index >= 15 is 0 Å². The molecule has 2 heterocycles. The van der Waals surface area contributed by atoms with Gasteiger partial charge in [0.1, 0.15) is 0 Å².